The smallest absolute Gasteiger partial charge is 0.490 e. The van der Waals surface area contributed by atoms with E-state index < -0.39 is 24.3 Å². The van der Waals surface area contributed by atoms with Crippen LogP contribution in [-0.2, 0) is 16.1 Å². The molecule has 1 aliphatic rings. The Morgan fingerprint density at radius 1 is 0.957 bits per heavy atom. The first-order valence-electron chi connectivity index (χ1n) is 13.7. The van der Waals surface area contributed by atoms with Crippen LogP contribution in [0.15, 0.2) is 60.9 Å². The summed E-state index contributed by atoms with van der Waals surface area (Å²) < 4.78 is 68.8. The molecule has 4 rings (SSSR count). The summed E-state index contributed by atoms with van der Waals surface area (Å²) in [5.74, 6) is -4.71. The van der Waals surface area contributed by atoms with Gasteiger partial charge in [-0.15, -0.1) is 0 Å². The van der Waals surface area contributed by atoms with E-state index in [1.165, 1.54) is 25.9 Å². The number of H-pyrrole nitrogens is 1. The number of rotatable bonds is 9. The fourth-order valence-electron chi connectivity index (χ4n) is 4.09. The van der Waals surface area contributed by atoms with Crippen LogP contribution >= 0.6 is 0 Å². The number of aromatic nitrogens is 2. The molecule has 3 aromatic rings. The van der Waals surface area contributed by atoms with Crippen LogP contribution in [0.2, 0.25) is 0 Å². The predicted molar refractivity (Wildman–Crippen MR) is 154 cm³/mol. The maximum absolute atomic E-state index is 13.2. The van der Waals surface area contributed by atoms with Gasteiger partial charge >= 0.3 is 30.3 Å². The summed E-state index contributed by atoms with van der Waals surface area (Å²) in [5.41, 5.74) is 3.90. The number of carboxylic acids is 2. The number of amides is 2. The van der Waals surface area contributed by atoms with E-state index in [1.807, 2.05) is 59.6 Å². The Bertz CT molecular complexity index is 1350. The molecule has 252 valence electrons. The van der Waals surface area contributed by atoms with Gasteiger partial charge in [-0.3, -0.25) is 5.10 Å². The van der Waals surface area contributed by atoms with Crippen molar-refractivity contribution in [3.05, 3.63) is 66.5 Å². The van der Waals surface area contributed by atoms with Gasteiger partial charge in [-0.25, -0.2) is 14.4 Å². The Hall–Kier alpha value is -4.80. The molecule has 0 radical (unpaired) electrons. The van der Waals surface area contributed by atoms with E-state index in [0.29, 0.717) is 13.1 Å². The van der Waals surface area contributed by atoms with E-state index in [4.69, 9.17) is 24.5 Å². The maximum Gasteiger partial charge on any atom is 0.490 e. The Kier molecular flexibility index (Phi) is 14.3. The number of methoxy groups -OCH3 is 1. The quantitative estimate of drug-likeness (QED) is 0.208. The highest BCUT2D eigenvalue weighted by molar-refractivity contribution is 5.89. The number of anilines is 1. The lowest BCUT2D eigenvalue weighted by Gasteiger charge is -2.25. The molecule has 0 spiro atoms. The summed E-state index contributed by atoms with van der Waals surface area (Å²) in [7, 11) is 1.66. The molecule has 0 saturated carbocycles. The minimum absolute atomic E-state index is 0.0923. The van der Waals surface area contributed by atoms with Gasteiger partial charge in [0.25, 0.3) is 0 Å². The van der Waals surface area contributed by atoms with Crippen LogP contribution in [0.3, 0.4) is 0 Å². The summed E-state index contributed by atoms with van der Waals surface area (Å²) in [6.45, 7) is 4.61. The van der Waals surface area contributed by atoms with Gasteiger partial charge in [0.2, 0.25) is 0 Å². The van der Waals surface area contributed by atoms with Crippen LogP contribution in [0.5, 0.6) is 5.75 Å². The Morgan fingerprint density at radius 3 is 2.04 bits per heavy atom. The number of hydrogen-bond acceptors (Lipinski definition) is 6. The second kappa shape index (κ2) is 17.6. The third-order valence-electron chi connectivity index (χ3n) is 6.35. The monoisotopic (exact) mass is 661 g/mol. The average molecular weight is 662 g/mol. The zero-order valence-electron chi connectivity index (χ0n) is 24.6. The van der Waals surface area contributed by atoms with E-state index in [-0.39, 0.29) is 6.03 Å². The average Bonchev–Trinajstić information content (AvgIpc) is 3.72. The van der Waals surface area contributed by atoms with E-state index in [2.05, 4.69) is 20.4 Å². The number of aromatic amines is 1. The summed E-state index contributed by atoms with van der Waals surface area (Å²) in [6, 6.07) is 15.6. The number of alkyl halides is 6. The number of ether oxygens (including phenoxy) is 1. The number of nitrogens with one attached hydrogen (secondary N) is 2. The molecule has 11 nitrogen and oxygen atoms in total. The number of carbonyl (C=O) groups is 3. The van der Waals surface area contributed by atoms with Gasteiger partial charge in [0.15, 0.2) is 0 Å². The minimum atomic E-state index is -5.08. The molecule has 2 heterocycles. The Labute approximate surface area is 259 Å². The number of carbonyl (C=O) groups excluding carboxylic acids is 1. The highest BCUT2D eigenvalue weighted by Crippen LogP contribution is 2.21. The van der Waals surface area contributed by atoms with Crippen molar-refractivity contribution in [2.24, 2.45) is 0 Å². The van der Waals surface area contributed by atoms with Crippen molar-refractivity contribution in [1.82, 2.24) is 20.0 Å². The lowest BCUT2D eigenvalue weighted by molar-refractivity contribution is -0.193. The van der Waals surface area contributed by atoms with Gasteiger partial charge in [-0.05, 0) is 74.3 Å². The number of nitrogens with zero attached hydrogens (tertiary/aromatic N) is 3. The molecule has 0 atom stereocenters. The third-order valence-corrected chi connectivity index (χ3v) is 6.35. The second-order valence-corrected chi connectivity index (χ2v) is 9.78. The first-order valence-corrected chi connectivity index (χ1v) is 13.7. The fourth-order valence-corrected chi connectivity index (χ4v) is 4.09. The minimum Gasteiger partial charge on any atom is -0.497 e. The number of carboxylic acid groups (broad SMARTS) is 2. The highest BCUT2D eigenvalue weighted by Gasteiger charge is 2.38. The van der Waals surface area contributed by atoms with Gasteiger partial charge in [0, 0.05) is 30.5 Å². The summed E-state index contributed by atoms with van der Waals surface area (Å²) >= 11 is 0. The van der Waals surface area contributed by atoms with Gasteiger partial charge in [0.05, 0.1) is 13.3 Å². The van der Waals surface area contributed by atoms with Gasteiger partial charge in [-0.1, -0.05) is 24.3 Å². The van der Waals surface area contributed by atoms with Crippen molar-refractivity contribution in [3.63, 3.8) is 0 Å². The number of halogens is 6. The van der Waals surface area contributed by atoms with Crippen LogP contribution in [0, 0.1) is 0 Å². The van der Waals surface area contributed by atoms with E-state index in [1.54, 1.807) is 13.3 Å². The molecule has 4 N–H and O–H groups in total. The number of benzene rings is 2. The lowest BCUT2D eigenvalue weighted by atomic mass is 10.1. The largest absolute Gasteiger partial charge is 0.497 e. The molecule has 1 fully saturated rings. The van der Waals surface area contributed by atoms with Crippen molar-refractivity contribution in [1.29, 1.82) is 0 Å². The van der Waals surface area contributed by atoms with Crippen molar-refractivity contribution in [3.8, 4) is 16.9 Å². The molecule has 1 saturated heterocycles. The van der Waals surface area contributed by atoms with Crippen LogP contribution in [0.25, 0.3) is 11.1 Å². The molecule has 1 aromatic heterocycles. The Morgan fingerprint density at radius 2 is 1.54 bits per heavy atom. The topological polar surface area (TPSA) is 148 Å². The van der Waals surface area contributed by atoms with Gasteiger partial charge < -0.3 is 30.1 Å². The van der Waals surface area contributed by atoms with E-state index >= 15 is 0 Å². The normalized spacial score (nSPS) is 13.0. The van der Waals surface area contributed by atoms with Crippen molar-refractivity contribution in [2.45, 2.75) is 38.2 Å². The van der Waals surface area contributed by atoms with Crippen LogP contribution in [0.4, 0.5) is 36.8 Å². The molecule has 2 aromatic carbocycles. The predicted octanol–water partition coefficient (Wildman–Crippen LogP) is 5.87. The number of likely N-dealkylation sites (tertiary alicyclic amines) is 1. The molecular formula is C29H33F6N5O6. The molecule has 0 aliphatic carbocycles. The number of urea groups is 1. The zero-order valence-corrected chi connectivity index (χ0v) is 24.6. The first kappa shape index (κ1) is 37.4. The molecule has 0 unspecified atom stereocenters. The first-order chi connectivity index (χ1) is 21.6. The zero-order chi connectivity index (χ0) is 34.3. The maximum atomic E-state index is 13.2. The Balaban J connectivity index is 0.000000440. The third kappa shape index (κ3) is 13.5. The number of aliphatic carboxylic acids is 2. The van der Waals surface area contributed by atoms with Crippen LogP contribution < -0.4 is 10.1 Å². The molecule has 1 aliphatic heterocycles. The highest BCUT2D eigenvalue weighted by atomic mass is 19.4. The summed E-state index contributed by atoms with van der Waals surface area (Å²) in [4.78, 5) is 35.3. The van der Waals surface area contributed by atoms with Crippen LogP contribution in [0.1, 0.15) is 24.8 Å². The van der Waals surface area contributed by atoms with E-state index in [0.717, 1.165) is 41.1 Å². The van der Waals surface area contributed by atoms with Gasteiger partial charge in [0.1, 0.15) is 5.75 Å². The second-order valence-electron chi connectivity index (χ2n) is 9.78. The van der Waals surface area contributed by atoms with Crippen molar-refractivity contribution in [2.75, 3.05) is 38.6 Å². The van der Waals surface area contributed by atoms with Crippen molar-refractivity contribution < 1.29 is 55.7 Å². The van der Waals surface area contributed by atoms with Crippen LogP contribution in [-0.4, -0.2) is 93.8 Å². The van der Waals surface area contributed by atoms with Crippen molar-refractivity contribution >= 4 is 23.7 Å². The molecule has 46 heavy (non-hydrogen) atoms. The lowest BCUT2D eigenvalue weighted by Crippen LogP contribution is -2.36. The molecule has 2 amide bonds. The molecular weight excluding hydrogens is 628 g/mol. The number of hydrogen-bond donors (Lipinski definition) is 4. The SMILES string of the molecule is COc1cccc(CN(CCCN2CCCC2)C(=O)Nc2ccc(-c3cn[nH]c3)cc2)c1.O=C(O)C(F)(F)F.O=C(O)C(F)(F)F. The summed E-state index contributed by atoms with van der Waals surface area (Å²) in [5, 5.41) is 24.1. The fraction of sp³-hybridized carbons (Fsp3) is 0.379. The standard InChI is InChI=1S/C25H31N5O2.2C2HF3O2/c1-32-24-7-4-6-20(16-24)19-30(15-5-14-29-12-2-3-13-29)25(31)28-23-10-8-21(9-11-23)22-17-26-27-18-22;2*3-2(4,5)1(6)7/h4,6-11,16-18H,2-3,5,12-15,19H2,1H3,(H,26,27)(H,28,31);2*(H,6,7). The molecule has 17 heteroatoms. The summed E-state index contributed by atoms with van der Waals surface area (Å²) in [6.07, 6.45) is -3.02. The van der Waals surface area contributed by atoms with Gasteiger partial charge in [-0.2, -0.15) is 31.4 Å². The molecule has 0 bridgehead atoms. The van der Waals surface area contributed by atoms with E-state index in [9.17, 15) is 31.1 Å².